The second kappa shape index (κ2) is 5.06. The van der Waals surface area contributed by atoms with Gasteiger partial charge in [-0.25, -0.2) is 9.37 Å². The number of halogens is 1. The number of nitrogens with two attached hydrogens (primary N) is 1. The van der Waals surface area contributed by atoms with Crippen LogP contribution in [0.2, 0.25) is 0 Å². The Bertz CT molecular complexity index is 607. The number of nitrogens with zero attached hydrogens (tertiary/aromatic N) is 2. The molecule has 0 spiro atoms. The first-order valence-corrected chi connectivity index (χ1v) is 5.80. The number of nitrogen functional groups attached to an aromatic ring is 1. The average molecular weight is 258 g/mol. The normalized spacial score (nSPS) is 10.3. The maximum atomic E-state index is 12.9. The molecule has 0 saturated carbocycles. The summed E-state index contributed by atoms with van der Waals surface area (Å²) in [5, 5.41) is 7.59. The summed E-state index contributed by atoms with van der Waals surface area (Å²) >= 11 is 0. The number of benzene rings is 1. The minimum absolute atomic E-state index is 0.0449. The lowest BCUT2D eigenvalue weighted by atomic mass is 10.2. The first-order chi connectivity index (χ1) is 8.99. The van der Waals surface area contributed by atoms with Crippen LogP contribution in [0.3, 0.4) is 0 Å². The highest BCUT2D eigenvalue weighted by Gasteiger charge is 2.13. The molecule has 0 fully saturated rings. The quantitative estimate of drug-likeness (QED) is 0.657. The Balaban J connectivity index is 2.48. The predicted octanol–water partition coefficient (Wildman–Crippen LogP) is 2.58. The van der Waals surface area contributed by atoms with E-state index in [1.54, 1.807) is 36.2 Å². The lowest BCUT2D eigenvalue weighted by molar-refractivity contribution is 0.628. The Hall–Kier alpha value is -2.43. The Kier molecular flexibility index (Phi) is 3.46. The molecule has 1 aromatic heterocycles. The number of anilines is 2. The molecular formula is C14H15FN4. The summed E-state index contributed by atoms with van der Waals surface area (Å²) < 4.78 is 12.9. The maximum absolute atomic E-state index is 12.9. The zero-order valence-corrected chi connectivity index (χ0v) is 10.8. The zero-order valence-electron chi connectivity index (χ0n) is 10.8. The number of hydrogen-bond acceptors (Lipinski definition) is 3. The molecule has 0 atom stereocenters. The van der Waals surface area contributed by atoms with Gasteiger partial charge in [0.2, 0.25) is 0 Å². The molecule has 2 aromatic rings. The van der Waals surface area contributed by atoms with Gasteiger partial charge in [0.1, 0.15) is 17.5 Å². The van der Waals surface area contributed by atoms with Crippen molar-refractivity contribution in [3.8, 4) is 0 Å². The van der Waals surface area contributed by atoms with Gasteiger partial charge in [-0.1, -0.05) is 0 Å². The van der Waals surface area contributed by atoms with Gasteiger partial charge < -0.3 is 10.6 Å². The van der Waals surface area contributed by atoms with E-state index in [1.807, 2.05) is 6.92 Å². The van der Waals surface area contributed by atoms with Gasteiger partial charge in [-0.15, -0.1) is 0 Å². The molecule has 5 heteroatoms. The second-order valence-electron chi connectivity index (χ2n) is 4.27. The van der Waals surface area contributed by atoms with E-state index in [4.69, 9.17) is 11.1 Å². The Morgan fingerprint density at radius 1 is 1.21 bits per heavy atom. The van der Waals surface area contributed by atoms with Crippen molar-refractivity contribution in [2.75, 3.05) is 11.9 Å². The highest BCUT2D eigenvalue weighted by Crippen LogP contribution is 2.25. The molecule has 98 valence electrons. The van der Waals surface area contributed by atoms with E-state index in [-0.39, 0.29) is 11.7 Å². The topological polar surface area (TPSA) is 66.0 Å². The molecule has 0 unspecified atom stereocenters. The lowest BCUT2D eigenvalue weighted by Gasteiger charge is -2.21. The highest BCUT2D eigenvalue weighted by atomic mass is 19.1. The molecule has 0 amide bonds. The van der Waals surface area contributed by atoms with E-state index in [1.165, 1.54) is 12.1 Å². The van der Waals surface area contributed by atoms with Crippen LogP contribution in [0, 0.1) is 18.2 Å². The Morgan fingerprint density at radius 3 is 2.42 bits per heavy atom. The monoisotopic (exact) mass is 258 g/mol. The molecule has 0 radical (unpaired) electrons. The fourth-order valence-corrected chi connectivity index (χ4v) is 1.80. The number of rotatable bonds is 3. The fraction of sp³-hybridized carbons (Fsp3) is 0.143. The van der Waals surface area contributed by atoms with E-state index < -0.39 is 0 Å². The molecule has 4 nitrogen and oxygen atoms in total. The van der Waals surface area contributed by atoms with Crippen molar-refractivity contribution in [2.24, 2.45) is 5.73 Å². The summed E-state index contributed by atoms with van der Waals surface area (Å²) in [5.41, 5.74) is 7.72. The van der Waals surface area contributed by atoms with Crippen LogP contribution in [0.4, 0.5) is 15.9 Å². The molecule has 0 bridgehead atoms. The molecular weight excluding hydrogens is 243 g/mol. The van der Waals surface area contributed by atoms with Crippen molar-refractivity contribution < 1.29 is 4.39 Å². The van der Waals surface area contributed by atoms with Gasteiger partial charge in [0.25, 0.3) is 0 Å². The van der Waals surface area contributed by atoms with Gasteiger partial charge in [-0.05, 0) is 43.3 Å². The van der Waals surface area contributed by atoms with Crippen LogP contribution >= 0.6 is 0 Å². The van der Waals surface area contributed by atoms with Crippen molar-refractivity contribution in [3.63, 3.8) is 0 Å². The number of nitrogens with one attached hydrogen (secondary N) is 1. The molecule has 3 N–H and O–H groups in total. The molecule has 0 aliphatic carbocycles. The van der Waals surface area contributed by atoms with E-state index in [2.05, 4.69) is 4.98 Å². The Morgan fingerprint density at radius 2 is 1.84 bits per heavy atom. The third-order valence-corrected chi connectivity index (χ3v) is 2.84. The van der Waals surface area contributed by atoms with Crippen molar-refractivity contribution in [3.05, 3.63) is 53.5 Å². The summed E-state index contributed by atoms with van der Waals surface area (Å²) in [7, 11) is 1.81. The summed E-state index contributed by atoms with van der Waals surface area (Å²) in [6.07, 6.45) is 0. The number of aryl methyl sites for hydroxylation is 1. The molecule has 19 heavy (non-hydrogen) atoms. The minimum Gasteiger partial charge on any atom is -0.384 e. The summed E-state index contributed by atoms with van der Waals surface area (Å²) in [4.78, 5) is 6.19. The number of hydrogen-bond donors (Lipinski definition) is 2. The Labute approximate surface area is 111 Å². The lowest BCUT2D eigenvalue weighted by Crippen LogP contribution is -2.20. The molecule has 1 aromatic carbocycles. The van der Waals surface area contributed by atoms with E-state index in [0.29, 0.717) is 11.4 Å². The second-order valence-corrected chi connectivity index (χ2v) is 4.27. The van der Waals surface area contributed by atoms with Crippen molar-refractivity contribution >= 4 is 17.3 Å². The van der Waals surface area contributed by atoms with Crippen LogP contribution in [0.15, 0.2) is 36.4 Å². The van der Waals surface area contributed by atoms with E-state index in [0.717, 1.165) is 11.4 Å². The SMILES string of the molecule is Cc1ccc(C(=N)N)c(N(C)c2ccc(F)cc2)n1. The highest BCUT2D eigenvalue weighted by molar-refractivity contribution is 6.00. The first kappa shape index (κ1) is 13.0. The van der Waals surface area contributed by atoms with Crippen molar-refractivity contribution in [1.29, 1.82) is 5.41 Å². The predicted molar refractivity (Wildman–Crippen MR) is 74.5 cm³/mol. The maximum Gasteiger partial charge on any atom is 0.144 e. The summed E-state index contributed by atoms with van der Waals surface area (Å²) in [6.45, 7) is 1.87. The van der Waals surface area contributed by atoms with E-state index in [9.17, 15) is 4.39 Å². The first-order valence-electron chi connectivity index (χ1n) is 5.80. The standard InChI is InChI=1S/C14H15FN4/c1-9-3-8-12(13(16)17)14(18-9)19(2)11-6-4-10(15)5-7-11/h3-8H,1-2H3,(H3,16,17). The van der Waals surface area contributed by atoms with Crippen LogP contribution in [-0.2, 0) is 0 Å². The van der Waals surface area contributed by atoms with Gasteiger partial charge in [0.05, 0.1) is 5.56 Å². The van der Waals surface area contributed by atoms with Crippen LogP contribution in [0.5, 0.6) is 0 Å². The molecule has 0 saturated heterocycles. The van der Waals surface area contributed by atoms with Gasteiger partial charge >= 0.3 is 0 Å². The third-order valence-electron chi connectivity index (χ3n) is 2.84. The van der Waals surface area contributed by atoms with Gasteiger partial charge in [-0.2, -0.15) is 0 Å². The summed E-state index contributed by atoms with van der Waals surface area (Å²) in [6, 6.07) is 9.65. The van der Waals surface area contributed by atoms with Crippen molar-refractivity contribution in [1.82, 2.24) is 4.98 Å². The number of aromatic nitrogens is 1. The molecule has 1 heterocycles. The van der Waals surface area contributed by atoms with Crippen LogP contribution < -0.4 is 10.6 Å². The van der Waals surface area contributed by atoms with Gasteiger partial charge in [0.15, 0.2) is 0 Å². The largest absolute Gasteiger partial charge is 0.384 e. The molecule has 0 aliphatic rings. The third kappa shape index (κ3) is 2.70. The van der Waals surface area contributed by atoms with E-state index >= 15 is 0 Å². The fourth-order valence-electron chi connectivity index (χ4n) is 1.80. The summed E-state index contributed by atoms with van der Waals surface area (Å²) in [5.74, 6) is 0.247. The van der Waals surface area contributed by atoms with Crippen LogP contribution in [-0.4, -0.2) is 17.9 Å². The van der Waals surface area contributed by atoms with Gasteiger partial charge in [-0.3, -0.25) is 5.41 Å². The number of pyridine rings is 1. The van der Waals surface area contributed by atoms with Crippen LogP contribution in [0.1, 0.15) is 11.3 Å². The molecule has 2 rings (SSSR count). The van der Waals surface area contributed by atoms with Crippen molar-refractivity contribution in [2.45, 2.75) is 6.92 Å². The smallest absolute Gasteiger partial charge is 0.144 e. The minimum atomic E-state index is -0.291. The average Bonchev–Trinajstić information content (AvgIpc) is 2.38. The number of amidine groups is 1. The zero-order chi connectivity index (χ0) is 14.0. The molecule has 0 aliphatic heterocycles. The van der Waals surface area contributed by atoms with Crippen LogP contribution in [0.25, 0.3) is 0 Å². The van der Waals surface area contributed by atoms with Gasteiger partial charge in [0, 0.05) is 18.4 Å².